The van der Waals surface area contributed by atoms with E-state index in [1.165, 1.54) is 11.3 Å². The molecule has 4 heteroatoms. The Kier molecular flexibility index (Phi) is 3.19. The first-order chi connectivity index (χ1) is 10.3. The van der Waals surface area contributed by atoms with E-state index in [9.17, 15) is 4.79 Å². The average Bonchev–Trinajstić information content (AvgIpc) is 3.22. The number of rotatable bonds is 4. The molecule has 2 bridgehead atoms. The van der Waals surface area contributed by atoms with E-state index < -0.39 is 0 Å². The van der Waals surface area contributed by atoms with Crippen LogP contribution in [0.1, 0.15) is 12.0 Å². The number of hydrogen-bond acceptors (Lipinski definition) is 3. The van der Waals surface area contributed by atoms with Gasteiger partial charge in [0, 0.05) is 25.3 Å². The number of nitrogens with zero attached hydrogens (tertiary/aromatic N) is 1. The molecule has 0 radical (unpaired) electrons. The predicted octanol–water partition coefficient (Wildman–Crippen LogP) is 1.51. The molecule has 0 spiro atoms. The SMILES string of the molecule is O=C(NCCN1CCc2ccccc21)[C@@H]1C[C@H]2C=C[C@H]1O2. The molecular weight excluding hydrogens is 264 g/mol. The third-order valence-corrected chi connectivity index (χ3v) is 4.73. The van der Waals surface area contributed by atoms with Crippen molar-refractivity contribution in [2.45, 2.75) is 25.0 Å². The number of fused-ring (bicyclic) bond motifs is 3. The Morgan fingerprint density at radius 1 is 1.33 bits per heavy atom. The molecular formula is C17H20N2O2. The molecule has 1 amide bonds. The van der Waals surface area contributed by atoms with Gasteiger partial charge in [0.05, 0.1) is 18.1 Å². The third kappa shape index (κ3) is 2.33. The minimum absolute atomic E-state index is 0.00233. The van der Waals surface area contributed by atoms with Crippen LogP contribution in [0.15, 0.2) is 36.4 Å². The summed E-state index contributed by atoms with van der Waals surface area (Å²) in [5.41, 5.74) is 2.73. The zero-order chi connectivity index (χ0) is 14.2. The average molecular weight is 284 g/mol. The molecule has 0 saturated carbocycles. The predicted molar refractivity (Wildman–Crippen MR) is 81.3 cm³/mol. The number of amides is 1. The first-order valence-electron chi connectivity index (χ1n) is 7.75. The van der Waals surface area contributed by atoms with Crippen LogP contribution in [-0.2, 0) is 16.0 Å². The Bertz CT molecular complexity index is 584. The van der Waals surface area contributed by atoms with Crippen LogP contribution in [0.5, 0.6) is 0 Å². The van der Waals surface area contributed by atoms with Gasteiger partial charge in [-0.3, -0.25) is 4.79 Å². The van der Waals surface area contributed by atoms with Crippen molar-refractivity contribution >= 4 is 11.6 Å². The first kappa shape index (κ1) is 12.9. The number of benzene rings is 1. The van der Waals surface area contributed by atoms with Gasteiger partial charge in [0.2, 0.25) is 5.91 Å². The van der Waals surface area contributed by atoms with Gasteiger partial charge in [-0.25, -0.2) is 0 Å². The van der Waals surface area contributed by atoms with Crippen molar-refractivity contribution in [1.82, 2.24) is 5.32 Å². The molecule has 3 aliphatic rings. The van der Waals surface area contributed by atoms with Gasteiger partial charge in [0.1, 0.15) is 0 Å². The Labute approximate surface area is 124 Å². The molecule has 4 nitrogen and oxygen atoms in total. The molecule has 110 valence electrons. The van der Waals surface area contributed by atoms with E-state index >= 15 is 0 Å². The molecule has 0 aromatic heterocycles. The first-order valence-corrected chi connectivity index (χ1v) is 7.75. The topological polar surface area (TPSA) is 41.6 Å². The summed E-state index contributed by atoms with van der Waals surface area (Å²) >= 11 is 0. The maximum Gasteiger partial charge on any atom is 0.226 e. The van der Waals surface area contributed by atoms with Crippen molar-refractivity contribution in [2.24, 2.45) is 5.92 Å². The van der Waals surface area contributed by atoms with Crippen LogP contribution in [-0.4, -0.2) is 37.7 Å². The molecule has 1 saturated heterocycles. The zero-order valence-corrected chi connectivity index (χ0v) is 12.0. The van der Waals surface area contributed by atoms with E-state index in [-0.39, 0.29) is 24.0 Å². The van der Waals surface area contributed by atoms with E-state index in [0.29, 0.717) is 6.54 Å². The number of carbonyl (C=O) groups is 1. The largest absolute Gasteiger partial charge is 0.369 e. The van der Waals surface area contributed by atoms with E-state index in [4.69, 9.17) is 4.74 Å². The Morgan fingerprint density at radius 2 is 2.24 bits per heavy atom. The standard InChI is InChI=1S/C17H20N2O2/c20-17(14-11-13-5-6-16(14)21-13)18-8-10-19-9-7-12-3-1-2-4-15(12)19/h1-6,13-14,16H,7-11H2,(H,18,20)/t13-,14-,16-/m1/s1. The van der Waals surface area contributed by atoms with Crippen molar-refractivity contribution in [2.75, 3.05) is 24.5 Å². The molecule has 3 atom stereocenters. The van der Waals surface area contributed by atoms with Crippen molar-refractivity contribution in [3.63, 3.8) is 0 Å². The summed E-state index contributed by atoms with van der Waals surface area (Å²) < 4.78 is 5.65. The monoisotopic (exact) mass is 284 g/mol. The molecule has 1 fully saturated rings. The van der Waals surface area contributed by atoms with Crippen molar-refractivity contribution in [3.8, 4) is 0 Å². The molecule has 0 aliphatic carbocycles. The van der Waals surface area contributed by atoms with Gasteiger partial charge in [-0.05, 0) is 24.5 Å². The highest BCUT2D eigenvalue weighted by atomic mass is 16.5. The van der Waals surface area contributed by atoms with Crippen molar-refractivity contribution in [1.29, 1.82) is 0 Å². The van der Waals surface area contributed by atoms with Crippen LogP contribution in [0.4, 0.5) is 5.69 Å². The number of ether oxygens (including phenoxy) is 1. The molecule has 1 aromatic rings. The lowest BCUT2D eigenvalue weighted by molar-refractivity contribution is -0.125. The Balaban J connectivity index is 1.29. The summed E-state index contributed by atoms with van der Waals surface area (Å²) in [5.74, 6) is 0.144. The molecule has 4 rings (SSSR count). The molecule has 3 heterocycles. The maximum atomic E-state index is 12.2. The van der Waals surface area contributed by atoms with E-state index in [1.807, 2.05) is 6.08 Å². The normalized spacial score (nSPS) is 29.0. The van der Waals surface area contributed by atoms with Gasteiger partial charge in [-0.2, -0.15) is 0 Å². The second kappa shape index (κ2) is 5.19. The number of hydrogen-bond donors (Lipinski definition) is 1. The van der Waals surface area contributed by atoms with Crippen molar-refractivity contribution in [3.05, 3.63) is 42.0 Å². The van der Waals surface area contributed by atoms with Gasteiger partial charge in [-0.1, -0.05) is 30.4 Å². The van der Waals surface area contributed by atoms with Crippen LogP contribution < -0.4 is 10.2 Å². The number of para-hydroxylation sites is 1. The maximum absolute atomic E-state index is 12.2. The van der Waals surface area contributed by atoms with Crippen LogP contribution >= 0.6 is 0 Å². The highest BCUT2D eigenvalue weighted by molar-refractivity contribution is 5.80. The Hall–Kier alpha value is -1.81. The van der Waals surface area contributed by atoms with E-state index in [1.54, 1.807) is 0 Å². The van der Waals surface area contributed by atoms with Crippen molar-refractivity contribution < 1.29 is 9.53 Å². The smallest absolute Gasteiger partial charge is 0.226 e. The van der Waals surface area contributed by atoms with E-state index in [0.717, 1.165) is 25.9 Å². The number of anilines is 1. The lowest BCUT2D eigenvalue weighted by Gasteiger charge is -2.21. The minimum atomic E-state index is 0.00233. The second-order valence-electron chi connectivity index (χ2n) is 6.02. The number of nitrogens with one attached hydrogen (secondary N) is 1. The van der Waals surface area contributed by atoms with Gasteiger partial charge in [-0.15, -0.1) is 0 Å². The molecule has 0 unspecified atom stereocenters. The summed E-state index contributed by atoms with van der Waals surface area (Å²) in [4.78, 5) is 14.6. The van der Waals surface area contributed by atoms with Crippen LogP contribution in [0.2, 0.25) is 0 Å². The van der Waals surface area contributed by atoms with Gasteiger partial charge < -0.3 is 15.0 Å². The summed E-state index contributed by atoms with van der Waals surface area (Å²) in [6, 6.07) is 8.52. The third-order valence-electron chi connectivity index (χ3n) is 4.73. The summed E-state index contributed by atoms with van der Waals surface area (Å²) in [6.07, 6.45) is 6.19. The quantitative estimate of drug-likeness (QED) is 0.852. The van der Waals surface area contributed by atoms with Gasteiger partial charge in [0.25, 0.3) is 0 Å². The summed E-state index contributed by atoms with van der Waals surface area (Å²) in [6.45, 7) is 2.63. The zero-order valence-electron chi connectivity index (χ0n) is 12.0. The molecule has 3 aliphatic heterocycles. The van der Waals surface area contributed by atoms with Crippen LogP contribution in [0.25, 0.3) is 0 Å². The lowest BCUT2D eigenvalue weighted by Crippen LogP contribution is -2.39. The van der Waals surface area contributed by atoms with E-state index in [2.05, 4.69) is 40.6 Å². The lowest BCUT2D eigenvalue weighted by atomic mass is 9.93. The second-order valence-corrected chi connectivity index (χ2v) is 6.02. The highest BCUT2D eigenvalue weighted by Gasteiger charge is 2.40. The number of carbonyl (C=O) groups excluding carboxylic acids is 1. The molecule has 21 heavy (non-hydrogen) atoms. The Morgan fingerprint density at radius 3 is 3.05 bits per heavy atom. The van der Waals surface area contributed by atoms with Crippen LogP contribution in [0.3, 0.4) is 0 Å². The summed E-state index contributed by atoms with van der Waals surface area (Å²) in [5, 5.41) is 3.07. The van der Waals surface area contributed by atoms with Crippen LogP contribution in [0, 0.1) is 5.92 Å². The fraction of sp³-hybridized carbons (Fsp3) is 0.471. The van der Waals surface area contributed by atoms with Gasteiger partial charge in [0.15, 0.2) is 0 Å². The fourth-order valence-corrected chi connectivity index (χ4v) is 3.61. The van der Waals surface area contributed by atoms with Gasteiger partial charge >= 0.3 is 0 Å². The fourth-order valence-electron chi connectivity index (χ4n) is 3.61. The highest BCUT2D eigenvalue weighted by Crippen LogP contribution is 2.33. The molecule has 1 aromatic carbocycles. The summed E-state index contributed by atoms with van der Waals surface area (Å²) in [7, 11) is 0. The minimum Gasteiger partial charge on any atom is -0.369 e. The molecule has 1 N–H and O–H groups in total.